The molecule has 0 saturated heterocycles. The first-order valence-electron chi connectivity index (χ1n) is 5.91. The van der Waals surface area contributed by atoms with E-state index in [1.165, 1.54) is 0 Å². The minimum Gasteiger partial charge on any atom is -0.433 e. The zero-order valence-corrected chi connectivity index (χ0v) is 11.4. The molecule has 0 atom stereocenters. The second-order valence-electron chi connectivity index (χ2n) is 4.43. The summed E-state index contributed by atoms with van der Waals surface area (Å²) in [4.78, 5) is 17.8. The van der Waals surface area contributed by atoms with Gasteiger partial charge in [0.25, 0.3) is 0 Å². The highest BCUT2D eigenvalue weighted by atomic mass is 16.6. The van der Waals surface area contributed by atoms with Gasteiger partial charge in [-0.05, 0) is 37.5 Å². The van der Waals surface area contributed by atoms with Crippen LogP contribution in [0.3, 0.4) is 0 Å². The number of hydrogen-bond acceptors (Lipinski definition) is 6. The van der Waals surface area contributed by atoms with Gasteiger partial charge in [0, 0.05) is 0 Å². The van der Waals surface area contributed by atoms with Gasteiger partial charge in [-0.15, -0.1) is 0 Å². The molecule has 0 aliphatic heterocycles. The topological polar surface area (TPSA) is 104 Å². The molecule has 2 rings (SSSR count). The summed E-state index contributed by atoms with van der Waals surface area (Å²) in [6.07, 6.45) is 1.14. The normalized spacial score (nSPS) is 10.3. The van der Waals surface area contributed by atoms with Crippen molar-refractivity contribution in [3.05, 3.63) is 45.3 Å². The summed E-state index contributed by atoms with van der Waals surface area (Å²) in [7, 11) is 0. The number of anilines is 1. The first-order valence-corrected chi connectivity index (χ1v) is 5.91. The van der Waals surface area contributed by atoms with Crippen LogP contribution in [0, 0.1) is 30.9 Å². The monoisotopic (exact) mass is 274 g/mol. The number of aromatic nitrogens is 2. The average molecular weight is 274 g/mol. The van der Waals surface area contributed by atoms with Gasteiger partial charge in [0.15, 0.2) is 0 Å². The highest BCUT2D eigenvalue weighted by Gasteiger charge is 2.24. The summed E-state index contributed by atoms with van der Waals surface area (Å²) < 4.78 is 5.62. The number of ether oxygens (including phenoxy) is 1. The van der Waals surface area contributed by atoms with E-state index in [0.29, 0.717) is 5.75 Å². The Morgan fingerprint density at radius 1 is 1.20 bits per heavy atom. The molecule has 0 saturated carbocycles. The van der Waals surface area contributed by atoms with Crippen LogP contribution in [-0.2, 0) is 0 Å². The van der Waals surface area contributed by atoms with Crippen molar-refractivity contribution in [2.75, 3.05) is 5.73 Å². The summed E-state index contributed by atoms with van der Waals surface area (Å²) in [5, 5.41) is 11.0. The molecule has 1 aromatic heterocycles. The lowest BCUT2D eigenvalue weighted by molar-refractivity contribution is -0.385. The Labute approximate surface area is 115 Å². The lowest BCUT2D eigenvalue weighted by Gasteiger charge is -2.13. The third-order valence-electron chi connectivity index (χ3n) is 3.07. The number of rotatable bonds is 3. The number of nitrogens with two attached hydrogens (primary N) is 1. The molecule has 1 aromatic carbocycles. The van der Waals surface area contributed by atoms with E-state index in [4.69, 9.17) is 10.5 Å². The molecule has 1 heterocycles. The van der Waals surface area contributed by atoms with Crippen molar-refractivity contribution < 1.29 is 9.66 Å². The molecule has 0 spiro atoms. The third kappa shape index (κ3) is 2.37. The molecule has 0 unspecified atom stereocenters. The maximum atomic E-state index is 11.0. The smallest absolute Gasteiger partial charge is 0.372 e. The quantitative estimate of drug-likeness (QED) is 0.681. The summed E-state index contributed by atoms with van der Waals surface area (Å²) in [6.45, 7) is 5.68. The number of nitrogens with zero attached hydrogens (tertiary/aromatic N) is 3. The SMILES string of the molecule is Cc1ccc(C)c(Oc2ncnc(N)c2[N+](=O)[O-])c1C. The van der Waals surface area contributed by atoms with Crippen LogP contribution in [0.25, 0.3) is 0 Å². The molecular formula is C13H14N4O3. The Morgan fingerprint density at radius 3 is 2.50 bits per heavy atom. The average Bonchev–Trinajstić information content (AvgIpc) is 2.39. The van der Waals surface area contributed by atoms with Crippen LogP contribution in [0.15, 0.2) is 18.5 Å². The largest absolute Gasteiger partial charge is 0.433 e. The van der Waals surface area contributed by atoms with E-state index in [0.717, 1.165) is 23.0 Å². The maximum absolute atomic E-state index is 11.0. The Balaban J connectivity index is 2.54. The van der Waals surface area contributed by atoms with E-state index in [-0.39, 0.29) is 11.7 Å². The van der Waals surface area contributed by atoms with Crippen molar-refractivity contribution in [1.29, 1.82) is 0 Å². The van der Waals surface area contributed by atoms with Gasteiger partial charge < -0.3 is 10.5 Å². The molecule has 0 fully saturated rings. The molecule has 0 aliphatic carbocycles. The molecule has 0 aliphatic rings. The Bertz CT molecular complexity index is 686. The predicted octanol–water partition coefficient (Wildman–Crippen LogP) is 2.68. The molecule has 0 bridgehead atoms. The predicted molar refractivity (Wildman–Crippen MR) is 73.8 cm³/mol. The molecule has 2 N–H and O–H groups in total. The second-order valence-corrected chi connectivity index (χ2v) is 4.43. The van der Waals surface area contributed by atoms with Gasteiger partial charge in [-0.25, -0.2) is 4.98 Å². The molecule has 0 radical (unpaired) electrons. The van der Waals surface area contributed by atoms with Gasteiger partial charge in [0.2, 0.25) is 5.82 Å². The highest BCUT2D eigenvalue weighted by molar-refractivity contribution is 5.59. The van der Waals surface area contributed by atoms with Crippen molar-refractivity contribution in [2.24, 2.45) is 0 Å². The van der Waals surface area contributed by atoms with Crippen molar-refractivity contribution in [2.45, 2.75) is 20.8 Å². The summed E-state index contributed by atoms with van der Waals surface area (Å²) in [5.41, 5.74) is 7.87. The Morgan fingerprint density at radius 2 is 1.85 bits per heavy atom. The van der Waals surface area contributed by atoms with Crippen molar-refractivity contribution in [3.63, 3.8) is 0 Å². The summed E-state index contributed by atoms with van der Waals surface area (Å²) in [6, 6.07) is 3.84. The van der Waals surface area contributed by atoms with Crippen LogP contribution < -0.4 is 10.5 Å². The fourth-order valence-corrected chi connectivity index (χ4v) is 1.80. The maximum Gasteiger partial charge on any atom is 0.372 e. The van der Waals surface area contributed by atoms with Gasteiger partial charge in [0.05, 0.1) is 4.92 Å². The lowest BCUT2D eigenvalue weighted by atomic mass is 10.1. The molecule has 20 heavy (non-hydrogen) atoms. The van der Waals surface area contributed by atoms with Crippen molar-refractivity contribution in [3.8, 4) is 11.6 Å². The highest BCUT2D eigenvalue weighted by Crippen LogP contribution is 2.35. The summed E-state index contributed by atoms with van der Waals surface area (Å²) in [5.74, 6) is 0.174. The molecule has 2 aromatic rings. The van der Waals surface area contributed by atoms with Gasteiger partial charge in [-0.2, -0.15) is 4.98 Å². The number of benzene rings is 1. The molecular weight excluding hydrogens is 260 g/mol. The van der Waals surface area contributed by atoms with Crippen LogP contribution in [0.5, 0.6) is 11.6 Å². The number of nitrogen functional groups attached to an aromatic ring is 1. The van der Waals surface area contributed by atoms with E-state index in [2.05, 4.69) is 9.97 Å². The van der Waals surface area contributed by atoms with E-state index >= 15 is 0 Å². The standard InChI is InChI=1S/C13H14N4O3/c1-7-4-5-8(2)11(9(7)3)20-13-10(17(18)19)12(14)15-6-16-13/h4-6H,1-3H3,(H2,14,15,16). The minimum absolute atomic E-state index is 0.153. The molecule has 7 heteroatoms. The van der Waals surface area contributed by atoms with Gasteiger partial charge in [-0.3, -0.25) is 10.1 Å². The van der Waals surface area contributed by atoms with Gasteiger partial charge >= 0.3 is 11.6 Å². The Hall–Kier alpha value is -2.70. The fraction of sp³-hybridized carbons (Fsp3) is 0.231. The summed E-state index contributed by atoms with van der Waals surface area (Å²) >= 11 is 0. The van der Waals surface area contributed by atoms with Gasteiger partial charge in [-0.1, -0.05) is 12.1 Å². The van der Waals surface area contributed by atoms with E-state index < -0.39 is 10.6 Å². The van der Waals surface area contributed by atoms with E-state index in [9.17, 15) is 10.1 Å². The zero-order valence-electron chi connectivity index (χ0n) is 11.4. The van der Waals surface area contributed by atoms with Crippen LogP contribution in [-0.4, -0.2) is 14.9 Å². The lowest BCUT2D eigenvalue weighted by Crippen LogP contribution is -2.04. The minimum atomic E-state index is -0.648. The van der Waals surface area contributed by atoms with Crippen LogP contribution in [0.2, 0.25) is 0 Å². The van der Waals surface area contributed by atoms with E-state index in [1.807, 2.05) is 32.9 Å². The number of aryl methyl sites for hydroxylation is 2. The van der Waals surface area contributed by atoms with Crippen LogP contribution in [0.1, 0.15) is 16.7 Å². The van der Waals surface area contributed by atoms with Crippen molar-refractivity contribution >= 4 is 11.5 Å². The first-order chi connectivity index (χ1) is 9.41. The molecule has 7 nitrogen and oxygen atoms in total. The van der Waals surface area contributed by atoms with Crippen LogP contribution in [0.4, 0.5) is 11.5 Å². The van der Waals surface area contributed by atoms with Crippen LogP contribution >= 0.6 is 0 Å². The second kappa shape index (κ2) is 5.12. The fourth-order valence-electron chi connectivity index (χ4n) is 1.80. The van der Waals surface area contributed by atoms with E-state index in [1.54, 1.807) is 0 Å². The third-order valence-corrected chi connectivity index (χ3v) is 3.07. The van der Waals surface area contributed by atoms with Gasteiger partial charge in [0.1, 0.15) is 12.1 Å². The molecule has 0 amide bonds. The number of hydrogen-bond donors (Lipinski definition) is 1. The number of nitro groups is 1. The molecule has 104 valence electrons. The van der Waals surface area contributed by atoms with Crippen molar-refractivity contribution in [1.82, 2.24) is 9.97 Å². The first kappa shape index (κ1) is 13.7. The zero-order chi connectivity index (χ0) is 14.9. The Kier molecular flexibility index (Phi) is 3.51.